The minimum atomic E-state index is 0.461. The molecule has 1 nitrogen and oxygen atoms in total. The molecule has 1 aromatic carbocycles. The van der Waals surface area contributed by atoms with Crippen LogP contribution in [0.25, 0.3) is 0 Å². The Morgan fingerprint density at radius 1 is 1.11 bits per heavy atom. The number of nitrogens with one attached hydrogen (secondary N) is 1. The van der Waals surface area contributed by atoms with Crippen LogP contribution in [-0.2, 0) is 0 Å². The molecule has 2 rings (SSSR count). The van der Waals surface area contributed by atoms with E-state index in [1.165, 1.54) is 17.5 Å². The van der Waals surface area contributed by atoms with E-state index in [9.17, 15) is 0 Å². The largest absolute Gasteiger partial charge is 0.310 e. The van der Waals surface area contributed by atoms with E-state index < -0.39 is 0 Å². The third-order valence-corrected chi connectivity index (χ3v) is 4.49. The molecule has 2 atom stereocenters. The van der Waals surface area contributed by atoms with Crippen molar-refractivity contribution in [2.45, 2.75) is 53.0 Å². The van der Waals surface area contributed by atoms with E-state index in [-0.39, 0.29) is 0 Å². The molecule has 0 saturated heterocycles. The molecule has 1 aliphatic carbocycles. The van der Waals surface area contributed by atoms with Crippen molar-refractivity contribution in [3.8, 4) is 0 Å². The first kappa shape index (κ1) is 13.6. The van der Waals surface area contributed by atoms with Gasteiger partial charge in [-0.2, -0.15) is 0 Å². The van der Waals surface area contributed by atoms with Gasteiger partial charge < -0.3 is 5.32 Å². The molecule has 2 unspecified atom stereocenters. The maximum atomic E-state index is 3.67. The van der Waals surface area contributed by atoms with Gasteiger partial charge in [0.05, 0.1) is 0 Å². The van der Waals surface area contributed by atoms with E-state index in [2.05, 4.69) is 64.2 Å². The summed E-state index contributed by atoms with van der Waals surface area (Å²) in [6.07, 6.45) is 1.37. The van der Waals surface area contributed by atoms with Crippen molar-refractivity contribution >= 4 is 0 Å². The fraction of sp³-hybridized carbons (Fsp3) is 0.647. The summed E-state index contributed by atoms with van der Waals surface area (Å²) in [6.45, 7) is 12.6. The van der Waals surface area contributed by atoms with Crippen LogP contribution >= 0.6 is 0 Å². The van der Waals surface area contributed by atoms with Crippen molar-refractivity contribution in [1.82, 2.24) is 5.32 Å². The topological polar surface area (TPSA) is 12.0 Å². The molecule has 0 heterocycles. The second kappa shape index (κ2) is 5.05. The van der Waals surface area contributed by atoms with Gasteiger partial charge in [0, 0.05) is 6.04 Å². The van der Waals surface area contributed by atoms with Crippen LogP contribution in [0.15, 0.2) is 24.3 Å². The lowest BCUT2D eigenvalue weighted by atomic mass is 9.99. The van der Waals surface area contributed by atoms with E-state index in [1.807, 2.05) is 0 Å². The Bertz CT molecular complexity index is 389. The molecule has 100 valence electrons. The van der Waals surface area contributed by atoms with Crippen molar-refractivity contribution in [2.75, 3.05) is 6.54 Å². The van der Waals surface area contributed by atoms with E-state index >= 15 is 0 Å². The van der Waals surface area contributed by atoms with E-state index in [4.69, 9.17) is 0 Å². The van der Waals surface area contributed by atoms with Gasteiger partial charge in [-0.05, 0) is 48.3 Å². The molecule has 0 bridgehead atoms. The van der Waals surface area contributed by atoms with Gasteiger partial charge >= 0.3 is 0 Å². The smallest absolute Gasteiger partial charge is 0.0291 e. The highest BCUT2D eigenvalue weighted by atomic mass is 14.9. The second-order valence-electron chi connectivity index (χ2n) is 6.84. The first-order chi connectivity index (χ1) is 8.40. The van der Waals surface area contributed by atoms with Crippen LogP contribution in [0.3, 0.4) is 0 Å². The summed E-state index contributed by atoms with van der Waals surface area (Å²) < 4.78 is 0. The van der Waals surface area contributed by atoms with Crippen LogP contribution in [0, 0.1) is 11.3 Å². The second-order valence-corrected chi connectivity index (χ2v) is 6.84. The van der Waals surface area contributed by atoms with E-state index in [0.29, 0.717) is 17.4 Å². The number of hydrogen-bond donors (Lipinski definition) is 1. The van der Waals surface area contributed by atoms with Gasteiger partial charge in [0.25, 0.3) is 0 Å². The van der Waals surface area contributed by atoms with Crippen LogP contribution in [-0.4, -0.2) is 6.54 Å². The van der Waals surface area contributed by atoms with Crippen LogP contribution in [0.4, 0.5) is 0 Å². The number of benzene rings is 1. The van der Waals surface area contributed by atoms with Crippen LogP contribution in [0.1, 0.15) is 64.1 Å². The molecule has 1 aromatic rings. The summed E-state index contributed by atoms with van der Waals surface area (Å²) in [5, 5.41) is 3.67. The normalized spacial score (nSPS) is 23.1. The molecule has 0 amide bonds. The van der Waals surface area contributed by atoms with Gasteiger partial charge in [0.15, 0.2) is 0 Å². The molecule has 1 aliphatic rings. The summed E-state index contributed by atoms with van der Waals surface area (Å²) in [4.78, 5) is 0. The molecular weight excluding hydrogens is 218 g/mol. The third kappa shape index (κ3) is 3.14. The summed E-state index contributed by atoms with van der Waals surface area (Å²) >= 11 is 0. The van der Waals surface area contributed by atoms with E-state index in [1.54, 1.807) is 0 Å². The first-order valence-corrected chi connectivity index (χ1v) is 7.23. The monoisotopic (exact) mass is 245 g/mol. The molecule has 1 saturated carbocycles. The SMILES string of the molecule is CC(C)c1ccc(C(C)NCC2CC2(C)C)cc1. The minimum absolute atomic E-state index is 0.461. The lowest BCUT2D eigenvalue weighted by molar-refractivity contribution is 0.485. The zero-order valence-electron chi connectivity index (χ0n) is 12.5. The number of hydrogen-bond acceptors (Lipinski definition) is 1. The van der Waals surface area contributed by atoms with Crippen molar-refractivity contribution in [3.63, 3.8) is 0 Å². The Morgan fingerprint density at radius 2 is 1.61 bits per heavy atom. The summed E-state index contributed by atoms with van der Waals surface area (Å²) in [5.41, 5.74) is 3.40. The Morgan fingerprint density at radius 3 is 2.06 bits per heavy atom. The maximum Gasteiger partial charge on any atom is 0.0291 e. The standard InChI is InChI=1S/C17H27N/c1-12(2)14-6-8-15(9-7-14)13(3)18-11-16-10-17(16,4)5/h6-9,12-13,16,18H,10-11H2,1-5H3. The fourth-order valence-electron chi connectivity index (χ4n) is 2.53. The highest BCUT2D eigenvalue weighted by Crippen LogP contribution is 2.51. The van der Waals surface area contributed by atoms with Gasteiger partial charge in [-0.15, -0.1) is 0 Å². The average molecular weight is 245 g/mol. The van der Waals surface area contributed by atoms with Gasteiger partial charge in [-0.25, -0.2) is 0 Å². The van der Waals surface area contributed by atoms with E-state index in [0.717, 1.165) is 12.5 Å². The zero-order valence-corrected chi connectivity index (χ0v) is 12.5. The summed E-state index contributed by atoms with van der Waals surface area (Å²) in [6, 6.07) is 9.52. The Labute approximate surface area is 112 Å². The van der Waals surface area contributed by atoms with Crippen LogP contribution in [0.5, 0.6) is 0 Å². The van der Waals surface area contributed by atoms with Crippen molar-refractivity contribution in [3.05, 3.63) is 35.4 Å². The fourth-order valence-corrected chi connectivity index (χ4v) is 2.53. The summed E-state index contributed by atoms with van der Waals surface area (Å²) in [5.74, 6) is 1.49. The average Bonchev–Trinajstić information content (AvgIpc) is 2.94. The van der Waals surface area contributed by atoms with Gasteiger partial charge in [0.2, 0.25) is 0 Å². The first-order valence-electron chi connectivity index (χ1n) is 7.23. The summed E-state index contributed by atoms with van der Waals surface area (Å²) in [7, 11) is 0. The van der Waals surface area contributed by atoms with Gasteiger partial charge in [-0.3, -0.25) is 0 Å². The highest BCUT2D eigenvalue weighted by Gasteiger charge is 2.44. The van der Waals surface area contributed by atoms with Crippen molar-refractivity contribution in [2.24, 2.45) is 11.3 Å². The van der Waals surface area contributed by atoms with Gasteiger partial charge in [0.1, 0.15) is 0 Å². The van der Waals surface area contributed by atoms with Crippen molar-refractivity contribution in [1.29, 1.82) is 0 Å². The Kier molecular flexibility index (Phi) is 3.82. The Balaban J connectivity index is 1.87. The lowest BCUT2D eigenvalue weighted by Gasteiger charge is -2.16. The predicted octanol–water partition coefficient (Wildman–Crippen LogP) is 4.51. The molecular formula is C17H27N. The molecule has 0 spiro atoms. The molecule has 0 aliphatic heterocycles. The molecule has 1 fully saturated rings. The maximum absolute atomic E-state index is 3.67. The molecule has 0 aromatic heterocycles. The molecule has 1 N–H and O–H groups in total. The van der Waals surface area contributed by atoms with Crippen LogP contribution in [0.2, 0.25) is 0 Å². The highest BCUT2D eigenvalue weighted by molar-refractivity contribution is 5.26. The molecule has 1 heteroatoms. The Hall–Kier alpha value is -0.820. The van der Waals surface area contributed by atoms with Crippen molar-refractivity contribution < 1.29 is 0 Å². The third-order valence-electron chi connectivity index (χ3n) is 4.49. The molecule has 18 heavy (non-hydrogen) atoms. The van der Waals surface area contributed by atoms with Crippen LogP contribution < -0.4 is 5.32 Å². The number of rotatable bonds is 5. The zero-order chi connectivity index (χ0) is 13.3. The minimum Gasteiger partial charge on any atom is -0.310 e. The predicted molar refractivity (Wildman–Crippen MR) is 78.8 cm³/mol. The molecule has 0 radical (unpaired) electrons. The quantitative estimate of drug-likeness (QED) is 0.805. The lowest BCUT2D eigenvalue weighted by Crippen LogP contribution is -2.22. The van der Waals surface area contributed by atoms with Gasteiger partial charge in [-0.1, -0.05) is 52.0 Å².